The minimum Gasteiger partial charge on any atom is -0.388 e. The molecule has 1 N–H and O–H groups in total. The maximum Gasteiger partial charge on any atom is 0.0802 e. The highest BCUT2D eigenvalue weighted by Crippen LogP contribution is 2.20. The summed E-state index contributed by atoms with van der Waals surface area (Å²) in [7, 11) is 2.08. The Morgan fingerprint density at radius 2 is 1.71 bits per heavy atom. The Morgan fingerprint density at radius 1 is 1.10 bits per heavy atom. The van der Waals surface area contributed by atoms with Crippen LogP contribution in [0.5, 0.6) is 0 Å². The Labute approximate surface area is 127 Å². The number of hydrogen-bond donors (Lipinski definition) is 1. The van der Waals surface area contributed by atoms with E-state index in [1.54, 1.807) is 0 Å². The zero-order valence-electron chi connectivity index (χ0n) is 13.1. The van der Waals surface area contributed by atoms with E-state index >= 15 is 0 Å². The summed E-state index contributed by atoms with van der Waals surface area (Å²) in [5, 5.41) is 10.3. The van der Waals surface area contributed by atoms with Crippen LogP contribution in [0.15, 0.2) is 42.7 Å². The first-order valence-electron chi connectivity index (χ1n) is 7.38. The van der Waals surface area contributed by atoms with Gasteiger partial charge < -0.3 is 10.0 Å². The number of rotatable bonds is 6. The third-order valence-corrected chi connectivity index (χ3v) is 3.61. The highest BCUT2D eigenvalue weighted by Gasteiger charge is 2.10. The normalized spacial score (nSPS) is 12.6. The minimum absolute atomic E-state index is 0.400. The second kappa shape index (κ2) is 7.34. The Morgan fingerprint density at radius 3 is 2.33 bits per heavy atom. The molecule has 3 heteroatoms. The summed E-state index contributed by atoms with van der Waals surface area (Å²) in [4.78, 5) is 6.25. The summed E-state index contributed by atoms with van der Waals surface area (Å²) < 4.78 is 0. The highest BCUT2D eigenvalue weighted by atomic mass is 16.3. The van der Waals surface area contributed by atoms with Crippen LogP contribution in [0.2, 0.25) is 0 Å². The molecule has 3 nitrogen and oxygen atoms in total. The monoisotopic (exact) mass is 284 g/mol. The SMILES string of the molecule is Cc1cc(C)cc(C(O)CCN(C)Cc2ccncc2)c1. The fraction of sp³-hybridized carbons (Fsp3) is 0.389. The molecule has 0 fully saturated rings. The predicted molar refractivity (Wildman–Crippen MR) is 86.1 cm³/mol. The van der Waals surface area contributed by atoms with Gasteiger partial charge in [0.2, 0.25) is 0 Å². The fourth-order valence-corrected chi connectivity index (χ4v) is 2.59. The molecule has 0 bridgehead atoms. The molecule has 1 atom stereocenters. The van der Waals surface area contributed by atoms with Crippen molar-refractivity contribution in [1.82, 2.24) is 9.88 Å². The number of aliphatic hydroxyl groups is 1. The molecule has 0 aliphatic heterocycles. The van der Waals surface area contributed by atoms with Crippen LogP contribution >= 0.6 is 0 Å². The molecule has 0 amide bonds. The smallest absolute Gasteiger partial charge is 0.0802 e. The van der Waals surface area contributed by atoms with Crippen LogP contribution in [0.1, 0.15) is 34.8 Å². The lowest BCUT2D eigenvalue weighted by atomic mass is 10.0. The van der Waals surface area contributed by atoms with Crippen molar-refractivity contribution in [3.63, 3.8) is 0 Å². The Hall–Kier alpha value is -1.71. The van der Waals surface area contributed by atoms with Crippen molar-refractivity contribution in [3.05, 3.63) is 65.0 Å². The number of aryl methyl sites for hydroxylation is 2. The van der Waals surface area contributed by atoms with Gasteiger partial charge in [-0.05, 0) is 50.6 Å². The van der Waals surface area contributed by atoms with Crippen LogP contribution in [0.3, 0.4) is 0 Å². The number of aromatic nitrogens is 1. The molecule has 0 spiro atoms. The van der Waals surface area contributed by atoms with Crippen LogP contribution in [-0.2, 0) is 6.54 Å². The van der Waals surface area contributed by atoms with Gasteiger partial charge in [-0.15, -0.1) is 0 Å². The average molecular weight is 284 g/mol. The Bertz CT molecular complexity index is 548. The summed E-state index contributed by atoms with van der Waals surface area (Å²) in [5.41, 5.74) is 4.67. The van der Waals surface area contributed by atoms with Crippen LogP contribution < -0.4 is 0 Å². The second-order valence-electron chi connectivity index (χ2n) is 5.82. The van der Waals surface area contributed by atoms with Crippen molar-refractivity contribution >= 4 is 0 Å². The van der Waals surface area contributed by atoms with E-state index in [1.807, 2.05) is 24.5 Å². The molecular weight excluding hydrogens is 260 g/mol. The van der Waals surface area contributed by atoms with Gasteiger partial charge in [0, 0.05) is 25.5 Å². The van der Waals surface area contributed by atoms with Crippen LogP contribution in [0, 0.1) is 13.8 Å². The van der Waals surface area contributed by atoms with E-state index in [1.165, 1.54) is 16.7 Å². The maximum absolute atomic E-state index is 10.3. The minimum atomic E-state index is -0.400. The van der Waals surface area contributed by atoms with Crippen LogP contribution in [0.4, 0.5) is 0 Å². The molecule has 1 unspecified atom stereocenters. The maximum atomic E-state index is 10.3. The quantitative estimate of drug-likeness (QED) is 0.884. The molecule has 1 aromatic heterocycles. The van der Waals surface area contributed by atoms with Gasteiger partial charge in [-0.3, -0.25) is 4.98 Å². The first-order valence-corrected chi connectivity index (χ1v) is 7.38. The van der Waals surface area contributed by atoms with Gasteiger partial charge in [-0.25, -0.2) is 0 Å². The number of nitrogens with zero attached hydrogens (tertiary/aromatic N) is 2. The third-order valence-electron chi connectivity index (χ3n) is 3.61. The summed E-state index contributed by atoms with van der Waals surface area (Å²) in [5.74, 6) is 0. The topological polar surface area (TPSA) is 36.4 Å². The molecular formula is C18H24N2O. The lowest BCUT2D eigenvalue weighted by Gasteiger charge is -2.19. The van der Waals surface area contributed by atoms with Gasteiger partial charge in [-0.2, -0.15) is 0 Å². The summed E-state index contributed by atoms with van der Waals surface area (Å²) >= 11 is 0. The molecule has 1 heterocycles. The van der Waals surface area contributed by atoms with E-state index in [2.05, 4.69) is 49.0 Å². The predicted octanol–water partition coefficient (Wildman–Crippen LogP) is 3.25. The lowest BCUT2D eigenvalue weighted by Crippen LogP contribution is -2.21. The first-order chi connectivity index (χ1) is 10.0. The number of benzene rings is 1. The molecule has 0 aliphatic rings. The fourth-order valence-electron chi connectivity index (χ4n) is 2.59. The van der Waals surface area contributed by atoms with Crippen molar-refractivity contribution in [1.29, 1.82) is 0 Å². The number of aliphatic hydroxyl groups excluding tert-OH is 1. The van der Waals surface area contributed by atoms with Crippen LogP contribution in [0.25, 0.3) is 0 Å². The van der Waals surface area contributed by atoms with Crippen molar-refractivity contribution in [3.8, 4) is 0 Å². The second-order valence-corrected chi connectivity index (χ2v) is 5.82. The zero-order valence-corrected chi connectivity index (χ0v) is 13.1. The molecule has 0 saturated carbocycles. The molecule has 2 aromatic rings. The van der Waals surface area contributed by atoms with E-state index < -0.39 is 6.10 Å². The molecule has 2 rings (SSSR count). The van der Waals surface area contributed by atoms with E-state index in [0.29, 0.717) is 0 Å². The molecule has 21 heavy (non-hydrogen) atoms. The zero-order chi connectivity index (χ0) is 15.2. The largest absolute Gasteiger partial charge is 0.388 e. The van der Waals surface area contributed by atoms with E-state index in [4.69, 9.17) is 0 Å². The van der Waals surface area contributed by atoms with E-state index in [0.717, 1.165) is 25.1 Å². The van der Waals surface area contributed by atoms with Gasteiger partial charge in [0.15, 0.2) is 0 Å². The van der Waals surface area contributed by atoms with Crippen molar-refractivity contribution in [2.24, 2.45) is 0 Å². The first kappa shape index (κ1) is 15.7. The Kier molecular flexibility index (Phi) is 5.48. The van der Waals surface area contributed by atoms with E-state index in [-0.39, 0.29) is 0 Å². The van der Waals surface area contributed by atoms with Gasteiger partial charge in [0.05, 0.1) is 6.10 Å². The summed E-state index contributed by atoms with van der Waals surface area (Å²) in [6, 6.07) is 10.3. The van der Waals surface area contributed by atoms with Gasteiger partial charge >= 0.3 is 0 Å². The van der Waals surface area contributed by atoms with Crippen molar-refractivity contribution in [2.45, 2.75) is 32.9 Å². The molecule has 0 aliphatic carbocycles. The number of pyridine rings is 1. The number of hydrogen-bond acceptors (Lipinski definition) is 3. The van der Waals surface area contributed by atoms with E-state index in [9.17, 15) is 5.11 Å². The molecule has 1 aromatic carbocycles. The van der Waals surface area contributed by atoms with Crippen LogP contribution in [-0.4, -0.2) is 28.6 Å². The Balaban J connectivity index is 1.87. The molecule has 112 valence electrons. The van der Waals surface area contributed by atoms with Crippen molar-refractivity contribution < 1.29 is 5.11 Å². The van der Waals surface area contributed by atoms with Gasteiger partial charge in [0.1, 0.15) is 0 Å². The average Bonchev–Trinajstić information content (AvgIpc) is 2.45. The molecule has 0 radical (unpaired) electrons. The summed E-state index contributed by atoms with van der Waals surface area (Å²) in [6.07, 6.45) is 3.97. The molecule has 0 saturated heterocycles. The highest BCUT2D eigenvalue weighted by molar-refractivity contribution is 5.29. The standard InChI is InChI=1S/C18H24N2O/c1-14-10-15(2)12-17(11-14)18(21)6-9-20(3)13-16-4-7-19-8-5-16/h4-5,7-8,10-12,18,21H,6,9,13H2,1-3H3. The third kappa shape index (κ3) is 4.96. The van der Waals surface area contributed by atoms with Gasteiger partial charge in [0.25, 0.3) is 0 Å². The summed E-state index contributed by atoms with van der Waals surface area (Å²) in [6.45, 7) is 5.87. The lowest BCUT2D eigenvalue weighted by molar-refractivity contribution is 0.147. The van der Waals surface area contributed by atoms with Gasteiger partial charge in [-0.1, -0.05) is 29.3 Å². The van der Waals surface area contributed by atoms with Crippen molar-refractivity contribution in [2.75, 3.05) is 13.6 Å².